The second-order valence-corrected chi connectivity index (χ2v) is 6.10. The molecule has 0 amide bonds. The molecule has 2 aromatic rings. The van der Waals surface area contributed by atoms with Crippen molar-refractivity contribution in [1.82, 2.24) is 15.5 Å². The molecular formula is C14H19N3O2S. The Kier molecular flexibility index (Phi) is 4.16. The molecule has 20 heavy (non-hydrogen) atoms. The molecule has 0 saturated carbocycles. The second kappa shape index (κ2) is 6.05. The lowest BCUT2D eigenvalue weighted by Gasteiger charge is -2.36. The van der Waals surface area contributed by atoms with E-state index in [0.717, 1.165) is 24.1 Å². The summed E-state index contributed by atoms with van der Waals surface area (Å²) in [5.41, 5.74) is 1.97. The molecule has 3 N–H and O–H groups in total. The number of hydrogen-bond acceptors (Lipinski definition) is 5. The average molecular weight is 293 g/mol. The van der Waals surface area contributed by atoms with Crippen LogP contribution in [0.3, 0.4) is 0 Å². The molecular weight excluding hydrogens is 274 g/mol. The number of aromatic amines is 1. The van der Waals surface area contributed by atoms with E-state index in [1.54, 1.807) is 11.3 Å². The molecule has 2 aromatic heterocycles. The van der Waals surface area contributed by atoms with Gasteiger partial charge in [0.25, 0.3) is 0 Å². The van der Waals surface area contributed by atoms with E-state index in [0.29, 0.717) is 19.8 Å². The first-order valence-electron chi connectivity index (χ1n) is 6.83. The molecule has 1 fully saturated rings. The van der Waals surface area contributed by atoms with E-state index in [1.165, 1.54) is 4.88 Å². The standard InChI is InChI=1S/C14H19N3O2S/c18-10-14(3-5-19-6-4-14)15-8-11-9-16-17-13(11)12-2-1-7-20-12/h1-2,7,9,15,18H,3-6,8,10H2,(H,16,17). The summed E-state index contributed by atoms with van der Waals surface area (Å²) in [6, 6.07) is 4.11. The van der Waals surface area contributed by atoms with Crippen molar-refractivity contribution in [1.29, 1.82) is 0 Å². The number of aromatic nitrogens is 2. The first-order valence-corrected chi connectivity index (χ1v) is 7.71. The molecule has 0 aliphatic carbocycles. The number of rotatable bonds is 5. The molecule has 3 heterocycles. The normalized spacial score (nSPS) is 18.2. The smallest absolute Gasteiger partial charge is 0.0794 e. The SMILES string of the molecule is OCC1(NCc2cn[nH]c2-c2cccs2)CCOCC1. The Labute approximate surface area is 122 Å². The summed E-state index contributed by atoms with van der Waals surface area (Å²) in [5.74, 6) is 0. The fourth-order valence-corrected chi connectivity index (χ4v) is 3.27. The Morgan fingerprint density at radius 3 is 3.00 bits per heavy atom. The number of aliphatic hydroxyl groups excluding tert-OH is 1. The highest BCUT2D eigenvalue weighted by Crippen LogP contribution is 2.27. The fraction of sp³-hybridized carbons (Fsp3) is 0.500. The van der Waals surface area contributed by atoms with E-state index in [2.05, 4.69) is 27.0 Å². The van der Waals surface area contributed by atoms with Gasteiger partial charge < -0.3 is 15.2 Å². The van der Waals surface area contributed by atoms with Crippen LogP contribution in [0.5, 0.6) is 0 Å². The van der Waals surface area contributed by atoms with E-state index < -0.39 is 0 Å². The molecule has 0 spiro atoms. The van der Waals surface area contributed by atoms with Crippen LogP contribution < -0.4 is 5.32 Å². The summed E-state index contributed by atoms with van der Waals surface area (Å²) in [7, 11) is 0. The van der Waals surface area contributed by atoms with Crippen molar-refractivity contribution in [3.63, 3.8) is 0 Å². The van der Waals surface area contributed by atoms with Crippen LogP contribution in [0.25, 0.3) is 10.6 Å². The van der Waals surface area contributed by atoms with Gasteiger partial charge in [0.05, 0.1) is 23.4 Å². The van der Waals surface area contributed by atoms with Gasteiger partial charge in [0.15, 0.2) is 0 Å². The maximum absolute atomic E-state index is 9.68. The van der Waals surface area contributed by atoms with Crippen LogP contribution in [0.4, 0.5) is 0 Å². The van der Waals surface area contributed by atoms with Gasteiger partial charge in [-0.25, -0.2) is 0 Å². The minimum absolute atomic E-state index is 0.141. The molecule has 1 saturated heterocycles. The van der Waals surface area contributed by atoms with Crippen LogP contribution in [0.15, 0.2) is 23.7 Å². The predicted octanol–water partition coefficient (Wildman–Crippen LogP) is 1.77. The van der Waals surface area contributed by atoms with Gasteiger partial charge in [-0.1, -0.05) is 6.07 Å². The van der Waals surface area contributed by atoms with Crippen molar-refractivity contribution in [2.75, 3.05) is 19.8 Å². The number of aliphatic hydroxyl groups is 1. The van der Waals surface area contributed by atoms with Gasteiger partial charge in [-0.15, -0.1) is 11.3 Å². The zero-order chi connectivity index (χ0) is 13.8. The number of thiophene rings is 1. The highest BCUT2D eigenvalue weighted by Gasteiger charge is 2.31. The maximum Gasteiger partial charge on any atom is 0.0794 e. The van der Waals surface area contributed by atoms with Crippen molar-refractivity contribution in [3.8, 4) is 10.6 Å². The Hall–Kier alpha value is -1.21. The number of hydrogen-bond donors (Lipinski definition) is 3. The maximum atomic E-state index is 9.68. The zero-order valence-corrected chi connectivity index (χ0v) is 12.1. The average Bonchev–Trinajstić information content (AvgIpc) is 3.16. The molecule has 0 radical (unpaired) electrons. The number of H-pyrrole nitrogens is 1. The highest BCUT2D eigenvalue weighted by molar-refractivity contribution is 7.13. The van der Waals surface area contributed by atoms with E-state index >= 15 is 0 Å². The summed E-state index contributed by atoms with van der Waals surface area (Å²) in [5, 5.41) is 22.4. The predicted molar refractivity (Wildman–Crippen MR) is 78.6 cm³/mol. The minimum atomic E-state index is -0.220. The van der Waals surface area contributed by atoms with E-state index in [9.17, 15) is 5.11 Å². The monoisotopic (exact) mass is 293 g/mol. The largest absolute Gasteiger partial charge is 0.394 e. The molecule has 6 heteroatoms. The fourth-order valence-electron chi connectivity index (χ4n) is 2.51. The highest BCUT2D eigenvalue weighted by atomic mass is 32.1. The Morgan fingerprint density at radius 2 is 2.30 bits per heavy atom. The molecule has 3 rings (SSSR count). The molecule has 1 aliphatic rings. The van der Waals surface area contributed by atoms with Gasteiger partial charge >= 0.3 is 0 Å². The third-order valence-electron chi connectivity index (χ3n) is 3.89. The molecule has 0 atom stereocenters. The van der Waals surface area contributed by atoms with Gasteiger partial charge in [-0.2, -0.15) is 5.10 Å². The lowest BCUT2D eigenvalue weighted by atomic mass is 9.90. The van der Waals surface area contributed by atoms with Crippen molar-refractivity contribution >= 4 is 11.3 Å². The van der Waals surface area contributed by atoms with Crippen molar-refractivity contribution < 1.29 is 9.84 Å². The summed E-state index contributed by atoms with van der Waals surface area (Å²) in [6.45, 7) is 2.25. The molecule has 0 bridgehead atoms. The zero-order valence-electron chi connectivity index (χ0n) is 11.3. The number of ether oxygens (including phenoxy) is 1. The summed E-state index contributed by atoms with van der Waals surface area (Å²) in [4.78, 5) is 1.18. The van der Waals surface area contributed by atoms with E-state index in [-0.39, 0.29) is 12.1 Å². The van der Waals surface area contributed by atoms with Crippen LogP contribution in [-0.2, 0) is 11.3 Å². The molecule has 1 aliphatic heterocycles. The first-order chi connectivity index (χ1) is 9.83. The lowest BCUT2D eigenvalue weighted by molar-refractivity contribution is 0.0112. The third-order valence-corrected chi connectivity index (χ3v) is 4.78. The Balaban J connectivity index is 1.71. The van der Waals surface area contributed by atoms with Crippen LogP contribution in [0, 0.1) is 0 Å². The van der Waals surface area contributed by atoms with Crippen LogP contribution in [0.2, 0.25) is 0 Å². The van der Waals surface area contributed by atoms with Crippen molar-refractivity contribution in [2.45, 2.75) is 24.9 Å². The third kappa shape index (κ3) is 2.78. The molecule has 0 aromatic carbocycles. The van der Waals surface area contributed by atoms with Crippen molar-refractivity contribution in [2.24, 2.45) is 0 Å². The summed E-state index contributed by atoms with van der Waals surface area (Å²) in [6.07, 6.45) is 3.54. The van der Waals surface area contributed by atoms with Crippen LogP contribution in [-0.4, -0.2) is 40.7 Å². The van der Waals surface area contributed by atoms with Crippen molar-refractivity contribution in [3.05, 3.63) is 29.3 Å². The van der Waals surface area contributed by atoms with E-state index in [4.69, 9.17) is 4.74 Å². The first kappa shape index (κ1) is 13.8. The van der Waals surface area contributed by atoms with Gasteiger partial charge in [0.2, 0.25) is 0 Å². The van der Waals surface area contributed by atoms with Gasteiger partial charge in [0, 0.05) is 30.9 Å². The Bertz CT molecular complexity index is 532. The lowest BCUT2D eigenvalue weighted by Crippen LogP contribution is -2.51. The minimum Gasteiger partial charge on any atom is -0.394 e. The van der Waals surface area contributed by atoms with Gasteiger partial charge in [0.1, 0.15) is 0 Å². The molecule has 108 valence electrons. The van der Waals surface area contributed by atoms with Crippen LogP contribution >= 0.6 is 11.3 Å². The van der Waals surface area contributed by atoms with Gasteiger partial charge in [-0.3, -0.25) is 5.10 Å². The van der Waals surface area contributed by atoms with Crippen LogP contribution in [0.1, 0.15) is 18.4 Å². The molecule has 5 nitrogen and oxygen atoms in total. The molecule has 0 unspecified atom stereocenters. The van der Waals surface area contributed by atoms with Gasteiger partial charge in [-0.05, 0) is 24.3 Å². The summed E-state index contributed by atoms with van der Waals surface area (Å²) < 4.78 is 5.38. The Morgan fingerprint density at radius 1 is 1.45 bits per heavy atom. The van der Waals surface area contributed by atoms with E-state index in [1.807, 2.05) is 12.3 Å². The topological polar surface area (TPSA) is 70.2 Å². The number of nitrogens with zero attached hydrogens (tertiary/aromatic N) is 1. The quantitative estimate of drug-likeness (QED) is 0.786. The summed E-state index contributed by atoms with van der Waals surface area (Å²) >= 11 is 1.69. The number of nitrogens with one attached hydrogen (secondary N) is 2. The second-order valence-electron chi connectivity index (χ2n) is 5.15.